The highest BCUT2D eigenvalue weighted by Gasteiger charge is 2.19. The van der Waals surface area contributed by atoms with E-state index >= 15 is 0 Å². The third-order valence-electron chi connectivity index (χ3n) is 3.38. The topological polar surface area (TPSA) is 87.7 Å². The Hall–Kier alpha value is -3.02. The standard InChI is InChI=1S/C17H17NO5/c1-10-7-8-11(17(20)21)9-12(10)18-16(19)15-13(22-2)5-4-6-14(15)23-3/h4-9H,1-3H3,(H,18,19)(H,20,21)/p-1. The van der Waals surface area contributed by atoms with Gasteiger partial charge in [0.2, 0.25) is 0 Å². The molecular weight excluding hydrogens is 298 g/mol. The van der Waals surface area contributed by atoms with Crippen molar-refractivity contribution in [2.75, 3.05) is 19.5 Å². The van der Waals surface area contributed by atoms with E-state index in [0.717, 1.165) is 5.56 Å². The SMILES string of the molecule is COc1cccc(OC)c1C(=O)Nc1cc(C(=O)[O-])ccc1C. The Bertz CT molecular complexity index is 732. The average molecular weight is 314 g/mol. The molecule has 0 bridgehead atoms. The second kappa shape index (κ2) is 6.83. The van der Waals surface area contributed by atoms with Crippen molar-refractivity contribution >= 4 is 17.6 Å². The molecule has 0 aliphatic heterocycles. The molecule has 6 nitrogen and oxygen atoms in total. The minimum atomic E-state index is -1.31. The van der Waals surface area contributed by atoms with Crippen LogP contribution < -0.4 is 19.9 Å². The highest BCUT2D eigenvalue weighted by atomic mass is 16.5. The number of ether oxygens (including phenoxy) is 2. The summed E-state index contributed by atoms with van der Waals surface area (Å²) in [5.41, 5.74) is 1.32. The number of rotatable bonds is 5. The van der Waals surface area contributed by atoms with Crippen molar-refractivity contribution in [1.29, 1.82) is 0 Å². The van der Waals surface area contributed by atoms with Gasteiger partial charge in [-0.2, -0.15) is 0 Å². The van der Waals surface area contributed by atoms with Crippen LogP contribution in [0.1, 0.15) is 26.3 Å². The van der Waals surface area contributed by atoms with Gasteiger partial charge >= 0.3 is 0 Å². The van der Waals surface area contributed by atoms with E-state index in [1.54, 1.807) is 31.2 Å². The zero-order valence-electron chi connectivity index (χ0n) is 13.0. The quantitative estimate of drug-likeness (QED) is 0.906. The smallest absolute Gasteiger partial charge is 0.263 e. The number of hydrogen-bond acceptors (Lipinski definition) is 5. The predicted molar refractivity (Wildman–Crippen MR) is 83.0 cm³/mol. The number of carbonyl (C=O) groups is 2. The van der Waals surface area contributed by atoms with Crippen LogP contribution in [0.25, 0.3) is 0 Å². The van der Waals surface area contributed by atoms with Crippen LogP contribution in [0.4, 0.5) is 5.69 Å². The molecule has 0 aromatic heterocycles. The molecule has 0 fully saturated rings. The van der Waals surface area contributed by atoms with Crippen LogP contribution in [0.5, 0.6) is 11.5 Å². The Morgan fingerprint density at radius 1 is 1.04 bits per heavy atom. The molecule has 0 heterocycles. The van der Waals surface area contributed by atoms with Gasteiger partial charge in [0.05, 0.1) is 20.2 Å². The van der Waals surface area contributed by atoms with Crippen LogP contribution in [0.2, 0.25) is 0 Å². The summed E-state index contributed by atoms with van der Waals surface area (Å²) in [5, 5.41) is 13.6. The van der Waals surface area contributed by atoms with Gasteiger partial charge < -0.3 is 24.7 Å². The molecule has 2 aromatic carbocycles. The fourth-order valence-electron chi connectivity index (χ4n) is 2.14. The van der Waals surface area contributed by atoms with E-state index < -0.39 is 11.9 Å². The minimum absolute atomic E-state index is 0.0158. The molecule has 0 radical (unpaired) electrons. The molecule has 2 rings (SSSR count). The van der Waals surface area contributed by atoms with E-state index in [-0.39, 0.29) is 11.1 Å². The number of carboxylic acid groups (broad SMARTS) is 1. The predicted octanol–water partition coefficient (Wildman–Crippen LogP) is 1.63. The molecule has 120 valence electrons. The van der Waals surface area contributed by atoms with Gasteiger partial charge in [-0.1, -0.05) is 18.2 Å². The van der Waals surface area contributed by atoms with E-state index in [2.05, 4.69) is 5.32 Å². The molecule has 2 aromatic rings. The molecule has 1 amide bonds. The number of methoxy groups -OCH3 is 2. The van der Waals surface area contributed by atoms with Crippen LogP contribution in [0.3, 0.4) is 0 Å². The summed E-state index contributed by atoms with van der Waals surface area (Å²) in [7, 11) is 2.90. The summed E-state index contributed by atoms with van der Waals surface area (Å²) in [5.74, 6) is -1.06. The summed E-state index contributed by atoms with van der Waals surface area (Å²) >= 11 is 0. The number of carboxylic acids is 1. The number of aryl methyl sites for hydroxylation is 1. The number of nitrogens with one attached hydrogen (secondary N) is 1. The van der Waals surface area contributed by atoms with Crippen molar-refractivity contribution in [2.45, 2.75) is 6.92 Å². The zero-order chi connectivity index (χ0) is 17.0. The molecule has 0 unspecified atom stereocenters. The van der Waals surface area contributed by atoms with Crippen molar-refractivity contribution in [3.63, 3.8) is 0 Å². The van der Waals surface area contributed by atoms with Gasteiger partial charge in [0.25, 0.3) is 5.91 Å². The fraction of sp³-hybridized carbons (Fsp3) is 0.176. The first-order valence-corrected chi connectivity index (χ1v) is 6.82. The second-order valence-electron chi connectivity index (χ2n) is 4.81. The number of carbonyl (C=O) groups excluding carboxylic acids is 2. The maximum Gasteiger partial charge on any atom is 0.263 e. The van der Waals surface area contributed by atoms with Crippen LogP contribution >= 0.6 is 0 Å². The molecule has 0 saturated carbocycles. The van der Waals surface area contributed by atoms with Gasteiger partial charge in [0, 0.05) is 5.69 Å². The molecule has 1 N–H and O–H groups in total. The monoisotopic (exact) mass is 314 g/mol. The average Bonchev–Trinajstić information content (AvgIpc) is 2.55. The van der Waals surface area contributed by atoms with Crippen molar-refractivity contribution in [3.8, 4) is 11.5 Å². The van der Waals surface area contributed by atoms with Gasteiger partial charge in [-0.05, 0) is 36.2 Å². The van der Waals surface area contributed by atoms with Gasteiger partial charge in [-0.3, -0.25) is 4.79 Å². The molecule has 6 heteroatoms. The lowest BCUT2D eigenvalue weighted by molar-refractivity contribution is -0.255. The third kappa shape index (κ3) is 3.42. The minimum Gasteiger partial charge on any atom is -0.545 e. The van der Waals surface area contributed by atoms with Crippen LogP contribution in [-0.2, 0) is 0 Å². The molecule has 0 aliphatic carbocycles. The number of aromatic carboxylic acids is 1. The molecule has 0 atom stereocenters. The molecule has 0 aliphatic rings. The van der Waals surface area contributed by atoms with Crippen molar-refractivity contribution in [2.24, 2.45) is 0 Å². The number of benzene rings is 2. The summed E-state index contributed by atoms with van der Waals surface area (Å²) in [4.78, 5) is 23.5. The number of anilines is 1. The van der Waals surface area contributed by atoms with Crippen LogP contribution in [0, 0.1) is 6.92 Å². The molecule has 0 saturated heterocycles. The number of amides is 1. The van der Waals surface area contributed by atoms with Crippen LogP contribution in [0.15, 0.2) is 36.4 Å². The Labute approximate surface area is 133 Å². The fourth-order valence-corrected chi connectivity index (χ4v) is 2.14. The van der Waals surface area contributed by atoms with Crippen molar-refractivity contribution < 1.29 is 24.2 Å². The lowest BCUT2D eigenvalue weighted by atomic mass is 10.1. The summed E-state index contributed by atoms with van der Waals surface area (Å²) in [6.07, 6.45) is 0. The largest absolute Gasteiger partial charge is 0.545 e. The Morgan fingerprint density at radius 2 is 1.65 bits per heavy atom. The summed E-state index contributed by atoms with van der Waals surface area (Å²) in [6, 6.07) is 9.36. The van der Waals surface area contributed by atoms with Gasteiger partial charge in [0.15, 0.2) is 0 Å². The Kier molecular flexibility index (Phi) is 4.85. The Morgan fingerprint density at radius 3 is 2.17 bits per heavy atom. The normalized spacial score (nSPS) is 10.0. The first kappa shape index (κ1) is 16.4. The maximum absolute atomic E-state index is 12.6. The molecular formula is C17H16NO5-. The first-order valence-electron chi connectivity index (χ1n) is 6.82. The Balaban J connectivity index is 2.40. The van der Waals surface area contributed by atoms with Gasteiger partial charge in [-0.25, -0.2) is 0 Å². The van der Waals surface area contributed by atoms with Gasteiger partial charge in [-0.15, -0.1) is 0 Å². The second-order valence-corrected chi connectivity index (χ2v) is 4.81. The maximum atomic E-state index is 12.6. The molecule has 23 heavy (non-hydrogen) atoms. The van der Waals surface area contributed by atoms with Crippen LogP contribution in [-0.4, -0.2) is 26.1 Å². The van der Waals surface area contributed by atoms with E-state index in [4.69, 9.17) is 9.47 Å². The van der Waals surface area contributed by atoms with E-state index in [1.165, 1.54) is 26.4 Å². The lowest BCUT2D eigenvalue weighted by Crippen LogP contribution is -2.23. The van der Waals surface area contributed by atoms with E-state index in [0.29, 0.717) is 17.2 Å². The summed E-state index contributed by atoms with van der Waals surface area (Å²) in [6.45, 7) is 1.76. The molecule has 0 spiro atoms. The highest BCUT2D eigenvalue weighted by molar-refractivity contribution is 6.08. The lowest BCUT2D eigenvalue weighted by Gasteiger charge is -2.15. The van der Waals surface area contributed by atoms with E-state index in [9.17, 15) is 14.7 Å². The summed E-state index contributed by atoms with van der Waals surface area (Å²) < 4.78 is 10.4. The first-order chi connectivity index (χ1) is 11.0. The zero-order valence-corrected chi connectivity index (χ0v) is 13.0. The third-order valence-corrected chi connectivity index (χ3v) is 3.38. The van der Waals surface area contributed by atoms with Gasteiger partial charge in [0.1, 0.15) is 17.1 Å². The van der Waals surface area contributed by atoms with Crippen molar-refractivity contribution in [3.05, 3.63) is 53.1 Å². The number of hydrogen-bond donors (Lipinski definition) is 1. The van der Waals surface area contributed by atoms with Crippen molar-refractivity contribution in [1.82, 2.24) is 0 Å². The van der Waals surface area contributed by atoms with E-state index in [1.807, 2.05) is 0 Å². The highest BCUT2D eigenvalue weighted by Crippen LogP contribution is 2.29.